The van der Waals surface area contributed by atoms with Crippen molar-refractivity contribution in [1.82, 2.24) is 0 Å². The zero-order chi connectivity index (χ0) is 23.4. The molecule has 1 aliphatic heterocycles. The first-order valence-electron chi connectivity index (χ1n) is 10.4. The van der Waals surface area contributed by atoms with E-state index in [1.54, 1.807) is 61.5 Å². The Morgan fingerprint density at radius 1 is 0.939 bits per heavy atom. The molecule has 0 saturated heterocycles. The van der Waals surface area contributed by atoms with Gasteiger partial charge in [0.05, 0.1) is 11.5 Å². The SMILES string of the molecule is CCOc1ccc(NS(=O)(=O)c2cc(NC(=O)c3ccc4c(c3)OCCO4)ccc2C)cc1. The fourth-order valence-corrected chi connectivity index (χ4v) is 4.68. The van der Waals surface area contributed by atoms with Crippen LogP contribution in [0.3, 0.4) is 0 Å². The Bertz CT molecular complexity index is 1270. The summed E-state index contributed by atoms with van der Waals surface area (Å²) >= 11 is 0. The third-order valence-electron chi connectivity index (χ3n) is 4.96. The molecule has 172 valence electrons. The summed E-state index contributed by atoms with van der Waals surface area (Å²) < 4.78 is 45.0. The van der Waals surface area contributed by atoms with Gasteiger partial charge in [-0.3, -0.25) is 9.52 Å². The Kier molecular flexibility index (Phi) is 6.41. The molecule has 33 heavy (non-hydrogen) atoms. The third-order valence-corrected chi connectivity index (χ3v) is 6.48. The molecule has 1 amide bonds. The maximum Gasteiger partial charge on any atom is 0.262 e. The molecule has 0 saturated carbocycles. The van der Waals surface area contributed by atoms with E-state index in [-0.39, 0.29) is 4.90 Å². The van der Waals surface area contributed by atoms with Crippen LogP contribution in [0.1, 0.15) is 22.8 Å². The summed E-state index contributed by atoms with van der Waals surface area (Å²) in [6, 6.07) is 16.3. The van der Waals surface area contributed by atoms with Crippen LogP contribution in [0.5, 0.6) is 17.2 Å². The summed E-state index contributed by atoms with van der Waals surface area (Å²) in [7, 11) is -3.88. The molecule has 0 bridgehead atoms. The highest BCUT2D eigenvalue weighted by Crippen LogP contribution is 2.31. The molecule has 1 heterocycles. The molecular weight excluding hydrogens is 444 g/mol. The van der Waals surface area contributed by atoms with E-state index in [4.69, 9.17) is 14.2 Å². The molecule has 0 unspecified atom stereocenters. The fourth-order valence-electron chi connectivity index (χ4n) is 3.35. The van der Waals surface area contributed by atoms with Gasteiger partial charge in [-0.25, -0.2) is 8.42 Å². The van der Waals surface area contributed by atoms with E-state index in [2.05, 4.69) is 10.0 Å². The second-order valence-corrected chi connectivity index (χ2v) is 9.01. The van der Waals surface area contributed by atoms with Crippen molar-refractivity contribution < 1.29 is 27.4 Å². The Morgan fingerprint density at radius 2 is 1.64 bits per heavy atom. The zero-order valence-electron chi connectivity index (χ0n) is 18.3. The van der Waals surface area contributed by atoms with Crippen molar-refractivity contribution in [3.8, 4) is 17.2 Å². The van der Waals surface area contributed by atoms with Crippen molar-refractivity contribution in [1.29, 1.82) is 0 Å². The van der Waals surface area contributed by atoms with Crippen molar-refractivity contribution in [2.75, 3.05) is 29.9 Å². The zero-order valence-corrected chi connectivity index (χ0v) is 19.1. The maximum atomic E-state index is 13.0. The van der Waals surface area contributed by atoms with Gasteiger partial charge in [0.1, 0.15) is 19.0 Å². The minimum Gasteiger partial charge on any atom is -0.494 e. The van der Waals surface area contributed by atoms with Crippen LogP contribution in [0.4, 0.5) is 11.4 Å². The lowest BCUT2D eigenvalue weighted by atomic mass is 10.1. The van der Waals surface area contributed by atoms with E-state index in [0.29, 0.717) is 59.6 Å². The van der Waals surface area contributed by atoms with Crippen molar-refractivity contribution in [2.45, 2.75) is 18.7 Å². The largest absolute Gasteiger partial charge is 0.494 e. The molecule has 0 spiro atoms. The Balaban J connectivity index is 1.52. The molecule has 3 aromatic rings. The lowest BCUT2D eigenvalue weighted by molar-refractivity contribution is 0.102. The number of amides is 1. The Morgan fingerprint density at radius 3 is 2.36 bits per heavy atom. The van der Waals surface area contributed by atoms with Crippen LogP contribution >= 0.6 is 0 Å². The Hall–Kier alpha value is -3.72. The minimum absolute atomic E-state index is 0.0661. The van der Waals surface area contributed by atoms with Crippen LogP contribution in [0.2, 0.25) is 0 Å². The van der Waals surface area contributed by atoms with E-state index < -0.39 is 15.9 Å². The number of carbonyl (C=O) groups excluding carboxylic acids is 1. The average molecular weight is 469 g/mol. The van der Waals surface area contributed by atoms with E-state index >= 15 is 0 Å². The normalized spacial score (nSPS) is 12.7. The molecule has 2 N–H and O–H groups in total. The standard InChI is InChI=1S/C24H24N2O6S/c1-3-30-20-9-7-18(8-10-20)26-33(28,29)23-15-19(6-4-16(23)2)25-24(27)17-5-11-21-22(14-17)32-13-12-31-21/h4-11,14-15,26H,3,12-13H2,1-2H3,(H,25,27). The smallest absolute Gasteiger partial charge is 0.262 e. The topological polar surface area (TPSA) is 103 Å². The minimum atomic E-state index is -3.88. The molecule has 0 fully saturated rings. The van der Waals surface area contributed by atoms with E-state index in [9.17, 15) is 13.2 Å². The number of rotatable bonds is 7. The fraction of sp³-hybridized carbons (Fsp3) is 0.208. The molecule has 0 atom stereocenters. The number of benzene rings is 3. The van der Waals surface area contributed by atoms with Crippen molar-refractivity contribution >= 4 is 27.3 Å². The number of aryl methyl sites for hydroxylation is 1. The van der Waals surface area contributed by atoms with Crippen LogP contribution < -0.4 is 24.2 Å². The van der Waals surface area contributed by atoms with Gasteiger partial charge < -0.3 is 19.5 Å². The predicted octanol–water partition coefficient (Wildman–Crippen LogP) is 4.22. The summed E-state index contributed by atoms with van der Waals surface area (Å²) in [5.41, 5.74) is 1.68. The van der Waals surface area contributed by atoms with Crippen LogP contribution in [-0.4, -0.2) is 34.1 Å². The maximum absolute atomic E-state index is 13.0. The van der Waals surface area contributed by atoms with Crippen LogP contribution in [0.15, 0.2) is 65.6 Å². The molecule has 0 aliphatic carbocycles. The van der Waals surface area contributed by atoms with Gasteiger partial charge in [-0.2, -0.15) is 0 Å². The molecule has 8 nitrogen and oxygen atoms in total. The number of hydrogen-bond donors (Lipinski definition) is 2. The highest BCUT2D eigenvalue weighted by molar-refractivity contribution is 7.92. The summed E-state index contributed by atoms with van der Waals surface area (Å²) in [5, 5.41) is 2.75. The van der Waals surface area contributed by atoms with Crippen LogP contribution in [0, 0.1) is 6.92 Å². The molecule has 1 aliphatic rings. The summed E-state index contributed by atoms with van der Waals surface area (Å²) in [5.74, 6) is 1.35. The van der Waals surface area contributed by atoms with Gasteiger partial charge in [0.25, 0.3) is 15.9 Å². The highest BCUT2D eigenvalue weighted by atomic mass is 32.2. The van der Waals surface area contributed by atoms with Gasteiger partial charge in [-0.15, -0.1) is 0 Å². The second kappa shape index (κ2) is 9.41. The van der Waals surface area contributed by atoms with Crippen molar-refractivity contribution in [3.63, 3.8) is 0 Å². The van der Waals surface area contributed by atoms with Crippen LogP contribution in [-0.2, 0) is 10.0 Å². The van der Waals surface area contributed by atoms with Gasteiger partial charge >= 0.3 is 0 Å². The number of fused-ring (bicyclic) bond motifs is 1. The predicted molar refractivity (Wildman–Crippen MR) is 125 cm³/mol. The van der Waals surface area contributed by atoms with Crippen LogP contribution in [0.25, 0.3) is 0 Å². The van der Waals surface area contributed by atoms with Crippen molar-refractivity contribution in [3.05, 3.63) is 71.8 Å². The van der Waals surface area contributed by atoms with Gasteiger partial charge in [0, 0.05) is 16.9 Å². The van der Waals surface area contributed by atoms with E-state index in [1.807, 2.05) is 6.92 Å². The third kappa shape index (κ3) is 5.20. The molecule has 3 aromatic carbocycles. The number of carbonyl (C=O) groups is 1. The lowest BCUT2D eigenvalue weighted by Gasteiger charge is -2.18. The summed E-state index contributed by atoms with van der Waals surface area (Å²) in [6.45, 7) is 4.97. The highest BCUT2D eigenvalue weighted by Gasteiger charge is 2.19. The number of nitrogens with one attached hydrogen (secondary N) is 2. The molecule has 0 aromatic heterocycles. The second-order valence-electron chi connectivity index (χ2n) is 7.36. The van der Waals surface area contributed by atoms with Gasteiger partial charge in [-0.1, -0.05) is 6.07 Å². The van der Waals surface area contributed by atoms with Gasteiger partial charge in [0.2, 0.25) is 0 Å². The first kappa shape index (κ1) is 22.5. The average Bonchev–Trinajstić information content (AvgIpc) is 2.81. The van der Waals surface area contributed by atoms with E-state index in [1.165, 1.54) is 6.07 Å². The quantitative estimate of drug-likeness (QED) is 0.538. The van der Waals surface area contributed by atoms with E-state index in [0.717, 1.165) is 0 Å². The molecule has 4 rings (SSSR count). The lowest BCUT2D eigenvalue weighted by Crippen LogP contribution is -2.18. The summed E-state index contributed by atoms with van der Waals surface area (Å²) in [4.78, 5) is 12.8. The number of sulfonamides is 1. The summed E-state index contributed by atoms with van der Waals surface area (Å²) in [6.07, 6.45) is 0. The molecule has 0 radical (unpaired) electrons. The Labute approximate surface area is 192 Å². The first-order chi connectivity index (χ1) is 15.9. The van der Waals surface area contributed by atoms with Crippen molar-refractivity contribution in [2.24, 2.45) is 0 Å². The number of anilines is 2. The van der Waals surface area contributed by atoms with Gasteiger partial charge in [0.15, 0.2) is 11.5 Å². The first-order valence-corrected chi connectivity index (χ1v) is 11.9. The molecular formula is C24H24N2O6S. The molecule has 9 heteroatoms. The number of hydrogen-bond acceptors (Lipinski definition) is 6. The number of ether oxygens (including phenoxy) is 3. The monoisotopic (exact) mass is 468 g/mol. The van der Waals surface area contributed by atoms with Gasteiger partial charge in [-0.05, 0) is 74.0 Å².